The number of primary amides is 1. The average molecular weight is 248 g/mol. The Kier molecular flexibility index (Phi) is 2.86. The first-order chi connectivity index (χ1) is 8.65. The van der Waals surface area contributed by atoms with Crippen molar-refractivity contribution in [1.29, 1.82) is 0 Å². The highest BCUT2D eigenvalue weighted by molar-refractivity contribution is 5.82. The lowest BCUT2D eigenvalue weighted by Gasteiger charge is -2.34. The van der Waals surface area contributed by atoms with Crippen LogP contribution in [0.2, 0.25) is 0 Å². The predicted molar refractivity (Wildman–Crippen MR) is 67.8 cm³/mol. The molecule has 1 amide bonds. The van der Waals surface area contributed by atoms with E-state index in [1.807, 2.05) is 13.2 Å². The molecule has 1 aromatic heterocycles. The van der Waals surface area contributed by atoms with Crippen molar-refractivity contribution >= 4 is 5.91 Å². The molecule has 1 aliphatic carbocycles. The van der Waals surface area contributed by atoms with Gasteiger partial charge in [-0.05, 0) is 12.8 Å². The van der Waals surface area contributed by atoms with Crippen LogP contribution in [0.5, 0.6) is 0 Å². The summed E-state index contributed by atoms with van der Waals surface area (Å²) in [5.74, 6) is -0.492. The zero-order valence-electron chi connectivity index (χ0n) is 10.8. The van der Waals surface area contributed by atoms with Gasteiger partial charge in [0, 0.05) is 37.9 Å². The number of amides is 1. The van der Waals surface area contributed by atoms with Crippen molar-refractivity contribution in [2.24, 2.45) is 12.8 Å². The van der Waals surface area contributed by atoms with Gasteiger partial charge in [0.25, 0.3) is 0 Å². The molecule has 1 atom stereocenters. The summed E-state index contributed by atoms with van der Waals surface area (Å²) in [6.07, 6.45) is 7.14. The van der Waals surface area contributed by atoms with Crippen molar-refractivity contribution in [3.8, 4) is 0 Å². The molecule has 18 heavy (non-hydrogen) atoms. The topological polar surface area (TPSA) is 64.2 Å². The maximum Gasteiger partial charge on any atom is 0.227 e. The Labute approximate surface area is 107 Å². The van der Waals surface area contributed by atoms with Crippen molar-refractivity contribution in [2.75, 3.05) is 6.54 Å². The Morgan fingerprint density at radius 2 is 2.17 bits per heavy atom. The van der Waals surface area contributed by atoms with E-state index in [9.17, 15) is 4.79 Å². The van der Waals surface area contributed by atoms with Gasteiger partial charge < -0.3 is 5.73 Å². The number of aromatic nitrogens is 2. The van der Waals surface area contributed by atoms with Crippen molar-refractivity contribution in [3.05, 3.63) is 17.5 Å². The van der Waals surface area contributed by atoms with Gasteiger partial charge in [0.1, 0.15) is 0 Å². The normalized spacial score (nSPS) is 25.3. The number of hydrogen-bond donors (Lipinski definition) is 1. The predicted octanol–water partition coefficient (Wildman–Crippen LogP) is 0.747. The molecule has 3 rings (SSSR count). The third-order valence-corrected chi connectivity index (χ3v) is 4.24. The van der Waals surface area contributed by atoms with E-state index in [1.54, 1.807) is 4.68 Å². The lowest BCUT2D eigenvalue weighted by atomic mass is 9.94. The van der Waals surface area contributed by atoms with Gasteiger partial charge in [0.15, 0.2) is 0 Å². The molecule has 1 aliphatic heterocycles. The minimum atomic E-state index is -0.252. The smallest absolute Gasteiger partial charge is 0.227 e. The summed E-state index contributed by atoms with van der Waals surface area (Å²) in [6, 6.07) is 0.625. The molecule has 5 nitrogen and oxygen atoms in total. The Morgan fingerprint density at radius 3 is 2.83 bits per heavy atom. The highest BCUT2D eigenvalue weighted by Gasteiger charge is 2.35. The summed E-state index contributed by atoms with van der Waals surface area (Å²) < 4.78 is 1.79. The first-order valence-corrected chi connectivity index (χ1v) is 6.71. The SMILES string of the molecule is Cn1cc2c(n1)[C@@H](C(N)=O)CN(C1CCCC1)C2. The third-order valence-electron chi connectivity index (χ3n) is 4.24. The molecule has 5 heteroatoms. The number of hydrogen-bond acceptors (Lipinski definition) is 3. The van der Waals surface area contributed by atoms with Gasteiger partial charge in [0.05, 0.1) is 11.6 Å². The van der Waals surface area contributed by atoms with Gasteiger partial charge in [0.2, 0.25) is 5.91 Å². The molecule has 0 saturated heterocycles. The molecule has 2 aliphatic rings. The molecule has 0 radical (unpaired) electrons. The quantitative estimate of drug-likeness (QED) is 0.840. The molecular formula is C13H20N4O. The molecule has 0 unspecified atom stereocenters. The zero-order chi connectivity index (χ0) is 12.7. The second-order valence-electron chi connectivity index (χ2n) is 5.54. The van der Waals surface area contributed by atoms with Crippen LogP contribution in [0, 0.1) is 0 Å². The van der Waals surface area contributed by atoms with E-state index in [0.717, 1.165) is 18.8 Å². The Hall–Kier alpha value is -1.36. The van der Waals surface area contributed by atoms with E-state index < -0.39 is 0 Å². The molecule has 0 bridgehead atoms. The van der Waals surface area contributed by atoms with Crippen molar-refractivity contribution in [1.82, 2.24) is 14.7 Å². The summed E-state index contributed by atoms with van der Waals surface area (Å²) in [4.78, 5) is 14.1. The second-order valence-corrected chi connectivity index (χ2v) is 5.54. The fourth-order valence-electron chi connectivity index (χ4n) is 3.35. The standard InChI is InChI=1S/C13H20N4O/c1-16-6-9-7-17(10-4-2-3-5-10)8-11(13(14)18)12(9)15-16/h6,10-11H,2-5,7-8H2,1H3,(H2,14,18)/t11-/m0/s1. The van der Waals surface area contributed by atoms with Gasteiger partial charge in [-0.2, -0.15) is 5.10 Å². The van der Waals surface area contributed by atoms with Crippen LogP contribution in [-0.2, 0) is 18.4 Å². The second kappa shape index (κ2) is 4.39. The van der Waals surface area contributed by atoms with Crippen LogP contribution in [-0.4, -0.2) is 33.2 Å². The van der Waals surface area contributed by atoms with Crippen LogP contribution in [0.25, 0.3) is 0 Å². The maximum atomic E-state index is 11.6. The number of carbonyl (C=O) groups is 1. The van der Waals surface area contributed by atoms with Crippen LogP contribution in [0.3, 0.4) is 0 Å². The van der Waals surface area contributed by atoms with E-state index in [4.69, 9.17) is 5.73 Å². The zero-order valence-corrected chi connectivity index (χ0v) is 10.8. The van der Waals surface area contributed by atoms with Crippen molar-refractivity contribution < 1.29 is 4.79 Å². The minimum Gasteiger partial charge on any atom is -0.369 e. The number of carbonyl (C=O) groups excluding carboxylic acids is 1. The molecule has 2 N–H and O–H groups in total. The first kappa shape index (κ1) is 11.7. The fraction of sp³-hybridized carbons (Fsp3) is 0.692. The molecule has 98 valence electrons. The summed E-state index contributed by atoms with van der Waals surface area (Å²) in [5.41, 5.74) is 7.59. The van der Waals surface area contributed by atoms with E-state index >= 15 is 0 Å². The van der Waals surface area contributed by atoms with E-state index in [1.165, 1.54) is 31.2 Å². The minimum absolute atomic E-state index is 0.240. The van der Waals surface area contributed by atoms with Gasteiger partial charge in [-0.25, -0.2) is 0 Å². The highest BCUT2D eigenvalue weighted by Crippen LogP contribution is 2.32. The van der Waals surface area contributed by atoms with Crippen LogP contribution in [0.1, 0.15) is 42.9 Å². The van der Waals surface area contributed by atoms with E-state index in [0.29, 0.717) is 6.04 Å². The van der Waals surface area contributed by atoms with Crippen LogP contribution in [0.15, 0.2) is 6.20 Å². The number of nitrogens with two attached hydrogens (primary N) is 1. The number of fused-ring (bicyclic) bond motifs is 1. The lowest BCUT2D eigenvalue weighted by Crippen LogP contribution is -2.43. The molecule has 0 spiro atoms. The monoisotopic (exact) mass is 248 g/mol. The average Bonchev–Trinajstić information content (AvgIpc) is 2.93. The van der Waals surface area contributed by atoms with Crippen molar-refractivity contribution in [3.63, 3.8) is 0 Å². The molecule has 1 saturated carbocycles. The lowest BCUT2D eigenvalue weighted by molar-refractivity contribution is -0.120. The fourth-order valence-corrected chi connectivity index (χ4v) is 3.35. The van der Waals surface area contributed by atoms with Crippen molar-refractivity contribution in [2.45, 2.75) is 44.2 Å². The third kappa shape index (κ3) is 1.92. The van der Waals surface area contributed by atoms with Gasteiger partial charge in [-0.1, -0.05) is 12.8 Å². The number of nitrogens with zero attached hydrogens (tertiary/aromatic N) is 3. The number of rotatable bonds is 2. The summed E-state index contributed by atoms with van der Waals surface area (Å²) in [7, 11) is 1.90. The largest absolute Gasteiger partial charge is 0.369 e. The van der Waals surface area contributed by atoms with Gasteiger partial charge >= 0.3 is 0 Å². The van der Waals surface area contributed by atoms with Gasteiger partial charge in [-0.3, -0.25) is 14.4 Å². The van der Waals surface area contributed by atoms with E-state index in [-0.39, 0.29) is 11.8 Å². The van der Waals surface area contributed by atoms with Crippen LogP contribution < -0.4 is 5.73 Å². The summed E-state index contributed by atoms with van der Waals surface area (Å²) >= 11 is 0. The first-order valence-electron chi connectivity index (χ1n) is 6.71. The summed E-state index contributed by atoms with van der Waals surface area (Å²) in [6.45, 7) is 1.65. The van der Waals surface area contributed by atoms with Crippen LogP contribution >= 0.6 is 0 Å². The molecule has 1 aromatic rings. The molecular weight excluding hydrogens is 228 g/mol. The van der Waals surface area contributed by atoms with E-state index in [2.05, 4.69) is 10.00 Å². The molecule has 2 heterocycles. The highest BCUT2D eigenvalue weighted by atomic mass is 16.1. The number of aryl methyl sites for hydroxylation is 1. The Balaban J connectivity index is 1.89. The Morgan fingerprint density at radius 1 is 1.44 bits per heavy atom. The molecule has 0 aromatic carbocycles. The summed E-state index contributed by atoms with van der Waals surface area (Å²) in [5, 5.41) is 4.40. The van der Waals surface area contributed by atoms with Gasteiger partial charge in [-0.15, -0.1) is 0 Å². The Bertz CT molecular complexity index is 462. The van der Waals surface area contributed by atoms with Crippen LogP contribution in [0.4, 0.5) is 0 Å². The molecule has 1 fully saturated rings. The maximum absolute atomic E-state index is 11.6.